The zero-order valence-corrected chi connectivity index (χ0v) is 17.7. The summed E-state index contributed by atoms with van der Waals surface area (Å²) in [4.78, 5) is 16.6. The lowest BCUT2D eigenvalue weighted by Crippen LogP contribution is -2.35. The second-order valence-electron chi connectivity index (χ2n) is 7.50. The van der Waals surface area contributed by atoms with Crippen LogP contribution < -0.4 is 0 Å². The number of benzene rings is 1. The van der Waals surface area contributed by atoms with Gasteiger partial charge >= 0.3 is 0 Å². The highest BCUT2D eigenvalue weighted by Crippen LogP contribution is 2.30. The number of hydrogen-bond donors (Lipinski definition) is 1. The van der Waals surface area contributed by atoms with Crippen molar-refractivity contribution in [2.75, 3.05) is 0 Å². The molecule has 1 amide bonds. The molecule has 6 heteroatoms. The van der Waals surface area contributed by atoms with Gasteiger partial charge in [-0.15, -0.1) is 0 Å². The highest BCUT2D eigenvalue weighted by atomic mass is 32.2. The molecule has 1 aromatic carbocycles. The highest BCUT2D eigenvalue weighted by molar-refractivity contribution is 8.26. The number of amides is 1. The molecule has 0 bridgehead atoms. The second kappa shape index (κ2) is 9.32. The maximum atomic E-state index is 12.5. The number of fused-ring (bicyclic) bond motifs is 1. The number of aliphatic imine (C=N–C) groups is 1. The zero-order chi connectivity index (χ0) is 20.1. The number of carbonyl (C=O) groups excluding carboxylic acids is 1. The van der Waals surface area contributed by atoms with E-state index in [4.69, 9.17) is 5.41 Å². The third-order valence-electron chi connectivity index (χ3n) is 4.90. The molecule has 0 saturated heterocycles. The van der Waals surface area contributed by atoms with Crippen LogP contribution in [0.5, 0.6) is 0 Å². The smallest absolute Gasteiger partial charge is 0.282 e. The van der Waals surface area contributed by atoms with Crippen LogP contribution in [0.2, 0.25) is 0 Å². The summed E-state index contributed by atoms with van der Waals surface area (Å²) in [6, 6.07) is 8.07. The topological polar surface area (TPSA) is 68.9 Å². The summed E-state index contributed by atoms with van der Waals surface area (Å²) in [6.45, 7) is 6.50. The van der Waals surface area contributed by atoms with Gasteiger partial charge in [0.25, 0.3) is 5.91 Å². The standard InChI is InChI=1S/C22H28N4OS/c1-4-5-6-7-8-9-19-25-26-20(23)18(21(27)24-22(26)28-19)14-16-10-12-17(13-11-16)15(2)3/h10-15,23H,4-9H2,1-3H3/b18-14-,23-20?. The number of nitrogens with one attached hydrogen (secondary N) is 1. The van der Waals surface area contributed by atoms with Crippen molar-refractivity contribution in [1.29, 1.82) is 5.41 Å². The van der Waals surface area contributed by atoms with E-state index in [0.29, 0.717) is 11.1 Å². The molecule has 148 valence electrons. The average molecular weight is 397 g/mol. The fraction of sp³-hybridized carbons (Fsp3) is 0.455. The minimum Gasteiger partial charge on any atom is -0.282 e. The first kappa shape index (κ1) is 20.5. The number of hydrogen-bond acceptors (Lipinski definition) is 4. The largest absolute Gasteiger partial charge is 0.283 e. The van der Waals surface area contributed by atoms with E-state index in [1.54, 1.807) is 6.08 Å². The van der Waals surface area contributed by atoms with Crippen LogP contribution in [-0.4, -0.2) is 27.0 Å². The number of nitrogens with zero attached hydrogens (tertiary/aromatic N) is 3. The van der Waals surface area contributed by atoms with E-state index in [1.807, 2.05) is 12.1 Å². The first-order valence-corrected chi connectivity index (χ1v) is 10.9. The third-order valence-corrected chi connectivity index (χ3v) is 5.87. The van der Waals surface area contributed by atoms with Crippen molar-refractivity contribution >= 4 is 39.8 Å². The molecule has 0 atom stereocenters. The van der Waals surface area contributed by atoms with Crippen molar-refractivity contribution in [2.24, 2.45) is 10.1 Å². The molecule has 2 aliphatic rings. The lowest BCUT2D eigenvalue weighted by atomic mass is 10.0. The first-order valence-electron chi connectivity index (χ1n) is 10.1. The van der Waals surface area contributed by atoms with Gasteiger partial charge in [0, 0.05) is 0 Å². The molecule has 28 heavy (non-hydrogen) atoms. The molecule has 0 spiro atoms. The molecule has 2 heterocycles. The molecule has 3 rings (SSSR count). The fourth-order valence-corrected chi connectivity index (χ4v) is 4.08. The Balaban J connectivity index is 1.70. The number of rotatable bonds is 8. The van der Waals surface area contributed by atoms with Crippen LogP contribution in [0.25, 0.3) is 6.08 Å². The number of thioether (sulfide) groups is 1. The minimum absolute atomic E-state index is 0.108. The molecule has 2 aliphatic heterocycles. The van der Waals surface area contributed by atoms with E-state index in [-0.39, 0.29) is 17.3 Å². The molecule has 1 N–H and O–H groups in total. The molecule has 5 nitrogen and oxygen atoms in total. The van der Waals surface area contributed by atoms with Crippen LogP contribution in [0, 0.1) is 5.41 Å². The molecular weight excluding hydrogens is 368 g/mol. The summed E-state index contributed by atoms with van der Waals surface area (Å²) in [6.07, 6.45) is 8.63. The van der Waals surface area contributed by atoms with Crippen LogP contribution in [-0.2, 0) is 4.79 Å². The number of amidine groups is 2. The summed E-state index contributed by atoms with van der Waals surface area (Å²) >= 11 is 1.42. The predicted molar refractivity (Wildman–Crippen MR) is 119 cm³/mol. The van der Waals surface area contributed by atoms with Gasteiger partial charge in [-0.05, 0) is 47.7 Å². The van der Waals surface area contributed by atoms with Crippen molar-refractivity contribution in [1.82, 2.24) is 5.01 Å². The first-order chi connectivity index (χ1) is 13.5. The lowest BCUT2D eigenvalue weighted by Gasteiger charge is -2.20. The van der Waals surface area contributed by atoms with Gasteiger partial charge in [0.05, 0.1) is 5.57 Å². The maximum Gasteiger partial charge on any atom is 0.283 e. The maximum absolute atomic E-state index is 12.5. The van der Waals surface area contributed by atoms with Gasteiger partial charge in [0.2, 0.25) is 5.17 Å². The molecule has 0 saturated carbocycles. The normalized spacial score (nSPS) is 18.0. The van der Waals surface area contributed by atoms with Crippen molar-refractivity contribution in [3.63, 3.8) is 0 Å². The van der Waals surface area contributed by atoms with Crippen LogP contribution in [0.15, 0.2) is 39.9 Å². The van der Waals surface area contributed by atoms with Gasteiger partial charge in [-0.3, -0.25) is 10.2 Å². The Morgan fingerprint density at radius 1 is 1.14 bits per heavy atom. The summed E-state index contributed by atoms with van der Waals surface area (Å²) in [5.74, 6) is 0.201. The van der Waals surface area contributed by atoms with Crippen molar-refractivity contribution in [3.05, 3.63) is 41.0 Å². The number of unbranched alkanes of at least 4 members (excludes halogenated alkanes) is 4. The van der Waals surface area contributed by atoms with Gasteiger partial charge < -0.3 is 0 Å². The average Bonchev–Trinajstić information content (AvgIpc) is 3.08. The SMILES string of the molecule is CCCCCCCC1=NN2C(=N)/C(=C/c3ccc(C(C)C)cc3)C(=O)N=C2S1. The van der Waals surface area contributed by atoms with Gasteiger partial charge in [-0.2, -0.15) is 15.1 Å². The summed E-state index contributed by atoms with van der Waals surface area (Å²) < 4.78 is 0. The minimum atomic E-state index is -0.365. The predicted octanol–water partition coefficient (Wildman–Crippen LogP) is 5.79. The quantitative estimate of drug-likeness (QED) is 0.447. The summed E-state index contributed by atoms with van der Waals surface area (Å²) in [7, 11) is 0. The molecule has 0 fully saturated rings. The van der Waals surface area contributed by atoms with Crippen LogP contribution in [0.3, 0.4) is 0 Å². The van der Waals surface area contributed by atoms with Gasteiger partial charge in [0.1, 0.15) is 5.04 Å². The zero-order valence-electron chi connectivity index (χ0n) is 16.9. The molecular formula is C22H28N4OS. The summed E-state index contributed by atoms with van der Waals surface area (Å²) in [5, 5.41) is 15.9. The Morgan fingerprint density at radius 2 is 1.86 bits per heavy atom. The van der Waals surface area contributed by atoms with Crippen molar-refractivity contribution in [3.8, 4) is 0 Å². The van der Waals surface area contributed by atoms with E-state index in [2.05, 4.69) is 43.0 Å². The Morgan fingerprint density at radius 3 is 2.54 bits per heavy atom. The monoisotopic (exact) mass is 396 g/mol. The van der Waals surface area contributed by atoms with Gasteiger partial charge in [0.15, 0.2) is 5.84 Å². The van der Waals surface area contributed by atoms with E-state index in [1.165, 1.54) is 48.0 Å². The Hall–Kier alpha value is -2.21. The molecule has 1 aromatic rings. The Bertz CT molecular complexity index is 837. The molecule has 0 radical (unpaired) electrons. The molecule has 0 aliphatic carbocycles. The Kier molecular flexibility index (Phi) is 6.83. The Labute approximate surface area is 171 Å². The van der Waals surface area contributed by atoms with Crippen molar-refractivity contribution in [2.45, 2.75) is 65.2 Å². The van der Waals surface area contributed by atoms with Crippen molar-refractivity contribution < 1.29 is 4.79 Å². The van der Waals surface area contributed by atoms with Crippen LogP contribution >= 0.6 is 11.8 Å². The third kappa shape index (κ3) is 4.79. The van der Waals surface area contributed by atoms with Crippen LogP contribution in [0.4, 0.5) is 0 Å². The van der Waals surface area contributed by atoms with E-state index < -0.39 is 0 Å². The second-order valence-corrected chi connectivity index (χ2v) is 8.54. The highest BCUT2D eigenvalue weighted by Gasteiger charge is 2.35. The van der Waals surface area contributed by atoms with E-state index in [9.17, 15) is 4.79 Å². The molecule has 0 aromatic heterocycles. The van der Waals surface area contributed by atoms with Gasteiger partial charge in [-0.25, -0.2) is 0 Å². The van der Waals surface area contributed by atoms with Crippen LogP contribution in [0.1, 0.15) is 76.3 Å². The lowest BCUT2D eigenvalue weighted by molar-refractivity contribution is -0.114. The van der Waals surface area contributed by atoms with E-state index >= 15 is 0 Å². The van der Waals surface area contributed by atoms with E-state index in [0.717, 1.165) is 23.4 Å². The van der Waals surface area contributed by atoms with Gasteiger partial charge in [-0.1, -0.05) is 70.7 Å². The number of carbonyl (C=O) groups is 1. The summed E-state index contributed by atoms with van der Waals surface area (Å²) in [5.41, 5.74) is 2.43. The molecule has 0 unspecified atom stereocenters. The fourth-order valence-electron chi connectivity index (χ4n) is 3.16. The number of hydrazone groups is 1.